The second kappa shape index (κ2) is 8.82. The smallest absolute Gasteiger partial charge is 0.321 e. The van der Waals surface area contributed by atoms with Gasteiger partial charge < -0.3 is 20.3 Å². The quantitative estimate of drug-likeness (QED) is 0.695. The van der Waals surface area contributed by atoms with Crippen molar-refractivity contribution in [2.45, 2.75) is 18.9 Å². The maximum atomic E-state index is 12.6. The fourth-order valence-corrected chi connectivity index (χ4v) is 3.57. The highest BCUT2D eigenvalue weighted by Crippen LogP contribution is 2.20. The van der Waals surface area contributed by atoms with Crippen LogP contribution in [-0.4, -0.2) is 48.1 Å². The molecule has 0 saturated carbocycles. The van der Waals surface area contributed by atoms with E-state index in [2.05, 4.69) is 15.6 Å². The zero-order valence-electron chi connectivity index (χ0n) is 16.8. The number of pyridine rings is 1. The summed E-state index contributed by atoms with van der Waals surface area (Å²) in [6, 6.07) is 18.4. The molecule has 7 heteroatoms. The number of nitrogens with zero attached hydrogens (tertiary/aromatic N) is 2. The molecule has 2 heterocycles. The predicted octanol–water partition coefficient (Wildman–Crippen LogP) is 3.67. The van der Waals surface area contributed by atoms with Gasteiger partial charge >= 0.3 is 6.03 Å². The van der Waals surface area contributed by atoms with E-state index in [-0.39, 0.29) is 18.0 Å². The Morgan fingerprint density at radius 1 is 1.03 bits per heavy atom. The zero-order valence-corrected chi connectivity index (χ0v) is 16.8. The molecule has 0 radical (unpaired) electrons. The van der Waals surface area contributed by atoms with Gasteiger partial charge in [-0.05, 0) is 49.2 Å². The predicted molar refractivity (Wildman–Crippen MR) is 116 cm³/mol. The maximum absolute atomic E-state index is 12.6. The number of carbonyl (C=O) groups is 2. The fraction of sp³-hybridized carbons (Fsp3) is 0.261. The number of methoxy groups -OCH3 is 1. The van der Waals surface area contributed by atoms with Crippen LogP contribution in [-0.2, 0) is 0 Å². The molecule has 4 rings (SSSR count). The summed E-state index contributed by atoms with van der Waals surface area (Å²) in [4.78, 5) is 31.3. The third-order valence-electron chi connectivity index (χ3n) is 5.27. The zero-order chi connectivity index (χ0) is 20.9. The van der Waals surface area contributed by atoms with Crippen LogP contribution in [0.4, 0.5) is 10.5 Å². The van der Waals surface area contributed by atoms with Crippen LogP contribution >= 0.6 is 0 Å². The van der Waals surface area contributed by atoms with E-state index < -0.39 is 0 Å². The first-order valence-electron chi connectivity index (χ1n) is 9.99. The summed E-state index contributed by atoms with van der Waals surface area (Å²) in [6.45, 7) is 1.18. The summed E-state index contributed by atoms with van der Waals surface area (Å²) < 4.78 is 5.22. The van der Waals surface area contributed by atoms with E-state index in [9.17, 15) is 9.59 Å². The Morgan fingerprint density at radius 2 is 1.80 bits per heavy atom. The molecule has 0 aliphatic carbocycles. The first kappa shape index (κ1) is 19.7. The van der Waals surface area contributed by atoms with Gasteiger partial charge in [-0.1, -0.05) is 24.3 Å². The SMILES string of the molecule is COc1ccc2nc(C(=O)NC3CCN(C(=O)Nc4ccccc4)CC3)ccc2c1. The molecule has 1 aliphatic heterocycles. The molecule has 0 unspecified atom stereocenters. The van der Waals surface area contributed by atoms with Gasteiger partial charge in [0.1, 0.15) is 11.4 Å². The van der Waals surface area contributed by atoms with Gasteiger partial charge in [-0.2, -0.15) is 0 Å². The van der Waals surface area contributed by atoms with Gasteiger partial charge in [-0.15, -0.1) is 0 Å². The summed E-state index contributed by atoms with van der Waals surface area (Å²) >= 11 is 0. The van der Waals surface area contributed by atoms with Crippen LogP contribution in [0.15, 0.2) is 60.7 Å². The summed E-state index contributed by atoms with van der Waals surface area (Å²) in [5.74, 6) is 0.560. The number of urea groups is 1. The van der Waals surface area contributed by atoms with E-state index in [0.717, 1.165) is 22.3 Å². The van der Waals surface area contributed by atoms with Gasteiger partial charge in [-0.25, -0.2) is 9.78 Å². The number of benzene rings is 2. The molecule has 7 nitrogen and oxygen atoms in total. The summed E-state index contributed by atoms with van der Waals surface area (Å²) in [5, 5.41) is 6.87. The molecular formula is C23H24N4O3. The molecule has 1 aromatic heterocycles. The lowest BCUT2D eigenvalue weighted by molar-refractivity contribution is 0.0914. The molecule has 154 valence electrons. The highest BCUT2D eigenvalue weighted by atomic mass is 16.5. The molecule has 3 aromatic rings. The van der Waals surface area contributed by atoms with Gasteiger partial charge in [-0.3, -0.25) is 4.79 Å². The molecular weight excluding hydrogens is 380 g/mol. The van der Waals surface area contributed by atoms with Crippen molar-refractivity contribution >= 4 is 28.5 Å². The van der Waals surface area contributed by atoms with E-state index in [1.807, 2.05) is 54.6 Å². The molecule has 0 atom stereocenters. The molecule has 3 amide bonds. The Hall–Kier alpha value is -3.61. The lowest BCUT2D eigenvalue weighted by Crippen LogP contribution is -2.47. The first-order valence-corrected chi connectivity index (χ1v) is 9.99. The molecule has 1 aliphatic rings. The Morgan fingerprint density at radius 3 is 2.53 bits per heavy atom. The average molecular weight is 404 g/mol. The molecule has 2 aromatic carbocycles. The van der Waals surface area contributed by atoms with E-state index in [0.29, 0.717) is 31.6 Å². The molecule has 30 heavy (non-hydrogen) atoms. The molecule has 0 spiro atoms. The van der Waals surface area contributed by atoms with E-state index in [1.54, 1.807) is 18.1 Å². The normalized spacial score (nSPS) is 14.4. The number of rotatable bonds is 4. The van der Waals surface area contributed by atoms with Crippen LogP contribution in [0, 0.1) is 0 Å². The maximum Gasteiger partial charge on any atom is 0.321 e. The standard InChI is InChI=1S/C23H24N4O3/c1-30-19-8-10-20-16(15-19)7-9-21(26-20)22(28)24-18-11-13-27(14-12-18)23(29)25-17-5-3-2-4-6-17/h2-10,15,18H,11-14H2,1H3,(H,24,28)(H,25,29). The number of likely N-dealkylation sites (tertiary alicyclic amines) is 1. The highest BCUT2D eigenvalue weighted by molar-refractivity contribution is 5.95. The van der Waals surface area contributed by atoms with Crippen LogP contribution < -0.4 is 15.4 Å². The van der Waals surface area contributed by atoms with Crippen LogP contribution in [0.5, 0.6) is 5.75 Å². The van der Waals surface area contributed by atoms with E-state index >= 15 is 0 Å². The van der Waals surface area contributed by atoms with Gasteiger partial charge in [0.05, 0.1) is 12.6 Å². The minimum absolute atomic E-state index is 0.0200. The van der Waals surface area contributed by atoms with Crippen LogP contribution in [0.2, 0.25) is 0 Å². The number of piperidine rings is 1. The number of hydrogen-bond donors (Lipinski definition) is 2. The second-order valence-electron chi connectivity index (χ2n) is 7.29. The largest absolute Gasteiger partial charge is 0.497 e. The molecule has 2 N–H and O–H groups in total. The van der Waals surface area contributed by atoms with Crippen LogP contribution in [0.25, 0.3) is 10.9 Å². The Balaban J connectivity index is 1.32. The van der Waals surface area contributed by atoms with Crippen molar-refractivity contribution in [3.63, 3.8) is 0 Å². The Bertz CT molecular complexity index is 1050. The number of aromatic nitrogens is 1. The third-order valence-corrected chi connectivity index (χ3v) is 5.27. The number of para-hydroxylation sites is 1. The number of hydrogen-bond acceptors (Lipinski definition) is 4. The minimum Gasteiger partial charge on any atom is -0.497 e. The van der Waals surface area contributed by atoms with Crippen molar-refractivity contribution in [3.8, 4) is 5.75 Å². The summed E-state index contributed by atoms with van der Waals surface area (Å²) in [6.07, 6.45) is 1.41. The second-order valence-corrected chi connectivity index (χ2v) is 7.29. The lowest BCUT2D eigenvalue weighted by Gasteiger charge is -2.32. The summed E-state index contributed by atoms with van der Waals surface area (Å²) in [5.41, 5.74) is 1.91. The van der Waals surface area contributed by atoms with Gasteiger partial charge in [0.15, 0.2) is 0 Å². The number of ether oxygens (including phenoxy) is 1. The average Bonchev–Trinajstić information content (AvgIpc) is 2.79. The van der Waals surface area contributed by atoms with Gasteiger partial charge in [0, 0.05) is 30.2 Å². The molecule has 0 bridgehead atoms. The number of amides is 3. The van der Waals surface area contributed by atoms with E-state index in [4.69, 9.17) is 4.74 Å². The Labute approximate surface area is 175 Å². The lowest BCUT2D eigenvalue weighted by atomic mass is 10.0. The number of anilines is 1. The third kappa shape index (κ3) is 4.51. The van der Waals surface area contributed by atoms with Gasteiger partial charge in [0.2, 0.25) is 0 Å². The number of carbonyl (C=O) groups excluding carboxylic acids is 2. The van der Waals surface area contributed by atoms with Crippen molar-refractivity contribution in [1.82, 2.24) is 15.2 Å². The highest BCUT2D eigenvalue weighted by Gasteiger charge is 2.24. The number of nitrogens with one attached hydrogen (secondary N) is 2. The fourth-order valence-electron chi connectivity index (χ4n) is 3.57. The first-order chi connectivity index (χ1) is 14.6. The van der Waals surface area contributed by atoms with Crippen LogP contribution in [0.3, 0.4) is 0 Å². The minimum atomic E-state index is -0.195. The van der Waals surface area contributed by atoms with Crippen LogP contribution in [0.1, 0.15) is 23.3 Å². The van der Waals surface area contributed by atoms with Crippen molar-refractivity contribution in [2.24, 2.45) is 0 Å². The molecule has 1 saturated heterocycles. The number of fused-ring (bicyclic) bond motifs is 1. The summed E-state index contributed by atoms with van der Waals surface area (Å²) in [7, 11) is 1.62. The van der Waals surface area contributed by atoms with Crippen molar-refractivity contribution in [3.05, 3.63) is 66.4 Å². The molecule has 1 fully saturated rings. The van der Waals surface area contributed by atoms with Crippen molar-refractivity contribution < 1.29 is 14.3 Å². The van der Waals surface area contributed by atoms with E-state index in [1.165, 1.54) is 0 Å². The van der Waals surface area contributed by atoms with Crippen molar-refractivity contribution in [1.29, 1.82) is 0 Å². The topological polar surface area (TPSA) is 83.6 Å². The van der Waals surface area contributed by atoms with Crippen molar-refractivity contribution in [2.75, 3.05) is 25.5 Å². The van der Waals surface area contributed by atoms with Gasteiger partial charge in [0.25, 0.3) is 5.91 Å². The monoisotopic (exact) mass is 404 g/mol. The Kier molecular flexibility index (Phi) is 5.79.